The van der Waals surface area contributed by atoms with Gasteiger partial charge in [0.05, 0.1) is 6.04 Å². The number of amides is 2. The van der Waals surface area contributed by atoms with Crippen LogP contribution in [0.4, 0.5) is 0 Å². The van der Waals surface area contributed by atoms with E-state index in [1.54, 1.807) is 0 Å². The third kappa shape index (κ3) is 2.52. The molecule has 4 N–H and O–H groups in total. The van der Waals surface area contributed by atoms with Crippen molar-refractivity contribution in [3.8, 4) is 0 Å². The van der Waals surface area contributed by atoms with E-state index < -0.39 is 18.0 Å². The van der Waals surface area contributed by atoms with E-state index in [-0.39, 0.29) is 11.3 Å². The molecule has 16 heavy (non-hydrogen) atoms. The maximum absolute atomic E-state index is 12.1. The van der Waals surface area contributed by atoms with Crippen LogP contribution in [0.1, 0.15) is 33.6 Å². The van der Waals surface area contributed by atoms with E-state index in [2.05, 4.69) is 0 Å². The summed E-state index contributed by atoms with van der Waals surface area (Å²) in [6.45, 7) is 6.30. The van der Waals surface area contributed by atoms with Gasteiger partial charge >= 0.3 is 0 Å². The molecular formula is C11H21N3O2. The molecule has 1 aliphatic rings. The van der Waals surface area contributed by atoms with E-state index in [4.69, 9.17) is 11.5 Å². The van der Waals surface area contributed by atoms with Gasteiger partial charge in [-0.15, -0.1) is 0 Å². The number of hydrogen-bond acceptors (Lipinski definition) is 3. The molecule has 0 aliphatic carbocycles. The van der Waals surface area contributed by atoms with Crippen LogP contribution in [0.2, 0.25) is 0 Å². The van der Waals surface area contributed by atoms with Crippen molar-refractivity contribution in [3.63, 3.8) is 0 Å². The lowest BCUT2D eigenvalue weighted by atomic mass is 9.86. The van der Waals surface area contributed by atoms with E-state index in [1.807, 2.05) is 20.8 Å². The van der Waals surface area contributed by atoms with Crippen LogP contribution in [0.3, 0.4) is 0 Å². The van der Waals surface area contributed by atoms with Crippen molar-refractivity contribution in [2.45, 2.75) is 45.7 Å². The molecule has 0 aromatic rings. The third-order valence-electron chi connectivity index (χ3n) is 3.06. The van der Waals surface area contributed by atoms with E-state index in [1.165, 1.54) is 4.90 Å². The fourth-order valence-electron chi connectivity index (χ4n) is 1.88. The molecule has 0 saturated carbocycles. The molecule has 0 spiro atoms. The van der Waals surface area contributed by atoms with Gasteiger partial charge in [-0.1, -0.05) is 20.8 Å². The summed E-state index contributed by atoms with van der Waals surface area (Å²) in [7, 11) is 0. The fraction of sp³-hybridized carbons (Fsp3) is 0.818. The fourth-order valence-corrected chi connectivity index (χ4v) is 1.88. The molecule has 0 aromatic heterocycles. The standard InChI is InChI=1S/C11H21N3O2/c1-11(2,3)8(12)10(16)14-6-4-5-7(14)9(13)15/h7-8H,4-6,12H2,1-3H3,(H2,13,15)/t7-,8+/m0/s1. The topological polar surface area (TPSA) is 89.4 Å². The highest BCUT2D eigenvalue weighted by Gasteiger charge is 2.38. The first-order chi connectivity index (χ1) is 7.25. The van der Waals surface area contributed by atoms with Crippen molar-refractivity contribution in [1.82, 2.24) is 4.90 Å². The summed E-state index contributed by atoms with van der Waals surface area (Å²) in [5.74, 6) is -0.610. The molecule has 1 rings (SSSR count). The van der Waals surface area contributed by atoms with Crippen molar-refractivity contribution in [1.29, 1.82) is 0 Å². The Labute approximate surface area is 96.1 Å². The van der Waals surface area contributed by atoms with Crippen molar-refractivity contribution in [2.24, 2.45) is 16.9 Å². The SMILES string of the molecule is CC(C)(C)[C@H](N)C(=O)N1CCC[C@H]1C(N)=O. The Morgan fingerprint density at radius 2 is 1.94 bits per heavy atom. The Hall–Kier alpha value is -1.10. The van der Waals surface area contributed by atoms with Crippen LogP contribution in [0.15, 0.2) is 0 Å². The zero-order valence-corrected chi connectivity index (χ0v) is 10.2. The zero-order valence-electron chi connectivity index (χ0n) is 10.2. The summed E-state index contributed by atoms with van der Waals surface area (Å²) in [5, 5.41) is 0. The van der Waals surface area contributed by atoms with E-state index >= 15 is 0 Å². The van der Waals surface area contributed by atoms with Crippen molar-refractivity contribution < 1.29 is 9.59 Å². The molecule has 92 valence electrons. The van der Waals surface area contributed by atoms with Gasteiger partial charge in [-0.2, -0.15) is 0 Å². The van der Waals surface area contributed by atoms with Gasteiger partial charge in [0.15, 0.2) is 0 Å². The normalized spacial score (nSPS) is 23.2. The lowest BCUT2D eigenvalue weighted by molar-refractivity contribution is -0.140. The molecule has 1 aliphatic heterocycles. The van der Waals surface area contributed by atoms with Crippen molar-refractivity contribution >= 4 is 11.8 Å². The molecule has 0 aromatic carbocycles. The Bertz CT molecular complexity index is 296. The first kappa shape index (κ1) is 13.0. The zero-order chi connectivity index (χ0) is 12.5. The molecule has 0 radical (unpaired) electrons. The number of carbonyl (C=O) groups excluding carboxylic acids is 2. The van der Waals surface area contributed by atoms with Gasteiger partial charge in [-0.05, 0) is 18.3 Å². The lowest BCUT2D eigenvalue weighted by Gasteiger charge is -2.32. The smallest absolute Gasteiger partial charge is 0.240 e. The number of carbonyl (C=O) groups is 2. The first-order valence-electron chi connectivity index (χ1n) is 5.60. The second-order valence-corrected chi connectivity index (χ2v) is 5.44. The molecule has 2 amide bonds. The lowest BCUT2D eigenvalue weighted by Crippen LogP contribution is -2.54. The highest BCUT2D eigenvalue weighted by atomic mass is 16.2. The Morgan fingerprint density at radius 1 is 1.38 bits per heavy atom. The monoisotopic (exact) mass is 227 g/mol. The first-order valence-corrected chi connectivity index (χ1v) is 5.60. The summed E-state index contributed by atoms with van der Waals surface area (Å²) in [5.41, 5.74) is 10.9. The molecule has 1 fully saturated rings. The van der Waals surface area contributed by atoms with E-state index in [0.717, 1.165) is 6.42 Å². The molecule has 1 heterocycles. The van der Waals surface area contributed by atoms with E-state index in [9.17, 15) is 9.59 Å². The molecule has 2 atom stereocenters. The average Bonchev–Trinajstić information content (AvgIpc) is 2.62. The second-order valence-electron chi connectivity index (χ2n) is 5.44. The summed E-state index contributed by atoms with van der Waals surface area (Å²) in [4.78, 5) is 24.8. The third-order valence-corrected chi connectivity index (χ3v) is 3.06. The Balaban J connectivity index is 2.77. The maximum Gasteiger partial charge on any atom is 0.240 e. The number of hydrogen-bond donors (Lipinski definition) is 2. The maximum atomic E-state index is 12.1. The average molecular weight is 227 g/mol. The van der Waals surface area contributed by atoms with Gasteiger partial charge in [0.1, 0.15) is 6.04 Å². The number of nitrogens with two attached hydrogens (primary N) is 2. The van der Waals surface area contributed by atoms with Gasteiger partial charge in [-0.3, -0.25) is 9.59 Å². The number of rotatable bonds is 2. The Morgan fingerprint density at radius 3 is 2.38 bits per heavy atom. The number of likely N-dealkylation sites (tertiary alicyclic amines) is 1. The highest BCUT2D eigenvalue weighted by molar-refractivity contribution is 5.89. The molecule has 5 heteroatoms. The van der Waals surface area contributed by atoms with Gasteiger partial charge in [0, 0.05) is 6.54 Å². The number of primary amides is 1. The largest absolute Gasteiger partial charge is 0.368 e. The van der Waals surface area contributed by atoms with Crippen molar-refractivity contribution in [2.75, 3.05) is 6.54 Å². The van der Waals surface area contributed by atoms with Crippen molar-refractivity contribution in [3.05, 3.63) is 0 Å². The molecule has 0 unspecified atom stereocenters. The Kier molecular flexibility index (Phi) is 3.57. The van der Waals surface area contributed by atoms with Crippen LogP contribution in [-0.4, -0.2) is 35.3 Å². The predicted molar refractivity (Wildman–Crippen MR) is 61.4 cm³/mol. The van der Waals surface area contributed by atoms with Gasteiger partial charge < -0.3 is 16.4 Å². The second kappa shape index (κ2) is 4.41. The summed E-state index contributed by atoms with van der Waals surface area (Å²) < 4.78 is 0. The minimum absolute atomic E-state index is 0.172. The van der Waals surface area contributed by atoms with E-state index in [0.29, 0.717) is 13.0 Å². The van der Waals surface area contributed by atoms with Gasteiger partial charge in [-0.25, -0.2) is 0 Å². The van der Waals surface area contributed by atoms with Crippen LogP contribution in [-0.2, 0) is 9.59 Å². The molecule has 0 bridgehead atoms. The van der Waals surface area contributed by atoms with Crippen LogP contribution in [0.25, 0.3) is 0 Å². The molecule has 5 nitrogen and oxygen atoms in total. The molecular weight excluding hydrogens is 206 g/mol. The summed E-state index contributed by atoms with van der Waals surface area (Å²) in [6.07, 6.45) is 1.47. The summed E-state index contributed by atoms with van der Waals surface area (Å²) >= 11 is 0. The highest BCUT2D eigenvalue weighted by Crippen LogP contribution is 2.23. The number of nitrogens with zero attached hydrogens (tertiary/aromatic N) is 1. The van der Waals surface area contributed by atoms with Crippen LogP contribution >= 0.6 is 0 Å². The van der Waals surface area contributed by atoms with Gasteiger partial charge in [0.2, 0.25) is 11.8 Å². The predicted octanol–water partition coefficient (Wildman–Crippen LogP) is -0.164. The molecule has 1 saturated heterocycles. The minimum atomic E-state index is -0.590. The van der Waals surface area contributed by atoms with Gasteiger partial charge in [0.25, 0.3) is 0 Å². The van der Waals surface area contributed by atoms with Crippen LogP contribution in [0, 0.1) is 5.41 Å². The summed E-state index contributed by atoms with van der Waals surface area (Å²) in [6, 6.07) is -1.06. The van der Waals surface area contributed by atoms with Crippen LogP contribution < -0.4 is 11.5 Å². The minimum Gasteiger partial charge on any atom is -0.368 e. The quantitative estimate of drug-likeness (QED) is 0.686. The van der Waals surface area contributed by atoms with Crippen LogP contribution in [0.5, 0.6) is 0 Å².